The van der Waals surface area contributed by atoms with Gasteiger partial charge >= 0.3 is 0 Å². The molecule has 0 N–H and O–H groups in total. The van der Waals surface area contributed by atoms with E-state index in [1.54, 1.807) is 5.57 Å². The fourth-order valence-electron chi connectivity index (χ4n) is 2.34. The molecule has 1 fully saturated rings. The van der Waals surface area contributed by atoms with Gasteiger partial charge in [0.05, 0.1) is 0 Å². The molecule has 1 aliphatic carbocycles. The number of allylic oxidation sites excluding steroid dienone is 3. The van der Waals surface area contributed by atoms with Crippen LogP contribution in [0.4, 0.5) is 0 Å². The standard InChI is InChI=1S/C18H24/c1-2-3-5-11-18(17-12-8-13-17)15-14-16-9-6-4-7-10-16/h4,6-7,9-11,14-15,17H,2-3,5,8,12-13H2,1H3/b15-14+,18-11+. The second kappa shape index (κ2) is 7.20. The molecule has 0 aromatic heterocycles. The number of rotatable bonds is 6. The summed E-state index contributed by atoms with van der Waals surface area (Å²) in [6, 6.07) is 10.6. The molecule has 0 nitrogen and oxygen atoms in total. The lowest BCUT2D eigenvalue weighted by molar-refractivity contribution is 0.373. The van der Waals surface area contributed by atoms with Crippen molar-refractivity contribution in [1.82, 2.24) is 0 Å². The highest BCUT2D eigenvalue weighted by Gasteiger charge is 2.19. The van der Waals surface area contributed by atoms with Gasteiger partial charge in [-0.2, -0.15) is 0 Å². The van der Waals surface area contributed by atoms with E-state index in [1.807, 2.05) is 0 Å². The fourth-order valence-corrected chi connectivity index (χ4v) is 2.34. The highest BCUT2D eigenvalue weighted by atomic mass is 14.2. The van der Waals surface area contributed by atoms with Gasteiger partial charge in [-0.3, -0.25) is 0 Å². The van der Waals surface area contributed by atoms with Crippen LogP contribution < -0.4 is 0 Å². The Kier molecular flexibility index (Phi) is 5.26. The topological polar surface area (TPSA) is 0 Å². The van der Waals surface area contributed by atoms with Crippen LogP contribution in [0.15, 0.2) is 48.1 Å². The highest BCUT2D eigenvalue weighted by molar-refractivity contribution is 5.53. The molecule has 0 amide bonds. The molecule has 0 unspecified atom stereocenters. The molecule has 1 aromatic rings. The molecule has 0 heterocycles. The average Bonchev–Trinajstić information content (AvgIpc) is 2.35. The van der Waals surface area contributed by atoms with E-state index in [2.05, 4.69) is 55.5 Å². The zero-order chi connectivity index (χ0) is 12.6. The summed E-state index contributed by atoms with van der Waals surface area (Å²) in [4.78, 5) is 0. The summed E-state index contributed by atoms with van der Waals surface area (Å²) in [5.41, 5.74) is 2.87. The van der Waals surface area contributed by atoms with Crippen molar-refractivity contribution in [2.24, 2.45) is 5.92 Å². The SMILES string of the molecule is CCCC/C=C(\C=C\c1ccccc1)C1CCC1. The molecule has 0 atom stereocenters. The quantitative estimate of drug-likeness (QED) is 0.447. The maximum atomic E-state index is 2.47. The molecule has 0 bridgehead atoms. The Hall–Kier alpha value is -1.30. The van der Waals surface area contributed by atoms with Crippen LogP contribution in [-0.2, 0) is 0 Å². The lowest BCUT2D eigenvalue weighted by Crippen LogP contribution is -2.12. The third kappa shape index (κ3) is 3.87. The van der Waals surface area contributed by atoms with Gasteiger partial charge in [-0.25, -0.2) is 0 Å². The van der Waals surface area contributed by atoms with Crippen LogP contribution in [-0.4, -0.2) is 0 Å². The summed E-state index contributed by atoms with van der Waals surface area (Å²) in [5, 5.41) is 0. The normalized spacial score (nSPS) is 17.1. The second-order valence-corrected chi connectivity index (χ2v) is 5.22. The lowest BCUT2D eigenvalue weighted by atomic mass is 9.79. The molecule has 0 saturated heterocycles. The van der Waals surface area contributed by atoms with Crippen LogP contribution in [0.5, 0.6) is 0 Å². The van der Waals surface area contributed by atoms with Gasteiger partial charge < -0.3 is 0 Å². The van der Waals surface area contributed by atoms with E-state index in [0.717, 1.165) is 5.92 Å². The summed E-state index contributed by atoms with van der Waals surface area (Å²) in [7, 11) is 0. The van der Waals surface area contributed by atoms with E-state index in [-0.39, 0.29) is 0 Å². The maximum Gasteiger partial charge on any atom is -0.0165 e. The van der Waals surface area contributed by atoms with E-state index in [4.69, 9.17) is 0 Å². The van der Waals surface area contributed by atoms with E-state index in [0.29, 0.717) is 0 Å². The zero-order valence-corrected chi connectivity index (χ0v) is 11.4. The van der Waals surface area contributed by atoms with Crippen molar-refractivity contribution in [2.75, 3.05) is 0 Å². The van der Waals surface area contributed by atoms with Gasteiger partial charge in [-0.15, -0.1) is 0 Å². The summed E-state index contributed by atoms with van der Waals surface area (Å²) in [6.07, 6.45) is 15.1. The van der Waals surface area contributed by atoms with Gasteiger partial charge in [0.25, 0.3) is 0 Å². The van der Waals surface area contributed by atoms with Crippen molar-refractivity contribution >= 4 is 6.08 Å². The number of benzene rings is 1. The van der Waals surface area contributed by atoms with E-state index >= 15 is 0 Å². The molecule has 96 valence electrons. The Labute approximate surface area is 111 Å². The minimum Gasteiger partial charge on any atom is -0.0810 e. The Balaban J connectivity index is 2.00. The smallest absolute Gasteiger partial charge is 0.0165 e. The first-order valence-electron chi connectivity index (χ1n) is 7.33. The summed E-state index contributed by atoms with van der Waals surface area (Å²) in [6.45, 7) is 2.26. The van der Waals surface area contributed by atoms with E-state index in [9.17, 15) is 0 Å². The van der Waals surface area contributed by atoms with Gasteiger partial charge in [0.2, 0.25) is 0 Å². The molecular formula is C18H24. The maximum absolute atomic E-state index is 2.47. The van der Waals surface area contributed by atoms with Gasteiger partial charge in [-0.05, 0) is 36.3 Å². The minimum atomic E-state index is 0.835. The van der Waals surface area contributed by atoms with Crippen LogP contribution in [0, 0.1) is 5.92 Å². The first kappa shape index (κ1) is 13.1. The summed E-state index contributed by atoms with van der Waals surface area (Å²) in [5.74, 6) is 0.835. The highest BCUT2D eigenvalue weighted by Crippen LogP contribution is 2.34. The van der Waals surface area contributed by atoms with Crippen LogP contribution in [0.2, 0.25) is 0 Å². The van der Waals surface area contributed by atoms with E-state index < -0.39 is 0 Å². The van der Waals surface area contributed by atoms with E-state index in [1.165, 1.54) is 44.1 Å². The Bertz CT molecular complexity index is 393. The number of unbranched alkanes of at least 4 members (excludes halogenated alkanes) is 2. The molecule has 18 heavy (non-hydrogen) atoms. The first-order valence-corrected chi connectivity index (χ1v) is 7.33. The zero-order valence-electron chi connectivity index (χ0n) is 11.4. The monoisotopic (exact) mass is 240 g/mol. The van der Waals surface area contributed by atoms with Crippen molar-refractivity contribution in [3.63, 3.8) is 0 Å². The lowest BCUT2D eigenvalue weighted by Gasteiger charge is -2.27. The van der Waals surface area contributed by atoms with Crippen molar-refractivity contribution < 1.29 is 0 Å². The molecule has 0 radical (unpaired) electrons. The van der Waals surface area contributed by atoms with Crippen LogP contribution in [0.1, 0.15) is 51.0 Å². The first-order chi connectivity index (χ1) is 8.90. The van der Waals surface area contributed by atoms with Crippen molar-refractivity contribution in [2.45, 2.75) is 45.4 Å². The molecule has 1 aromatic carbocycles. The molecule has 0 aliphatic heterocycles. The van der Waals surface area contributed by atoms with Crippen LogP contribution >= 0.6 is 0 Å². The van der Waals surface area contributed by atoms with Gasteiger partial charge in [0, 0.05) is 0 Å². The number of hydrogen-bond donors (Lipinski definition) is 0. The Morgan fingerprint density at radius 3 is 2.61 bits per heavy atom. The predicted molar refractivity (Wildman–Crippen MR) is 80.4 cm³/mol. The third-order valence-corrected chi connectivity index (χ3v) is 3.78. The molecule has 2 rings (SSSR count). The summed E-state index contributed by atoms with van der Waals surface area (Å²) < 4.78 is 0. The Morgan fingerprint density at radius 1 is 1.22 bits per heavy atom. The fraction of sp³-hybridized carbons (Fsp3) is 0.444. The van der Waals surface area contributed by atoms with Crippen molar-refractivity contribution in [3.05, 3.63) is 53.6 Å². The van der Waals surface area contributed by atoms with Gasteiger partial charge in [0.1, 0.15) is 0 Å². The van der Waals surface area contributed by atoms with Gasteiger partial charge in [0.15, 0.2) is 0 Å². The average molecular weight is 240 g/mol. The van der Waals surface area contributed by atoms with Gasteiger partial charge in [-0.1, -0.05) is 74.7 Å². The molecule has 0 spiro atoms. The van der Waals surface area contributed by atoms with Crippen molar-refractivity contribution in [1.29, 1.82) is 0 Å². The van der Waals surface area contributed by atoms with Crippen LogP contribution in [0.3, 0.4) is 0 Å². The minimum absolute atomic E-state index is 0.835. The largest absolute Gasteiger partial charge is 0.0810 e. The Morgan fingerprint density at radius 2 is 2.00 bits per heavy atom. The summed E-state index contributed by atoms with van der Waals surface area (Å²) >= 11 is 0. The number of hydrogen-bond acceptors (Lipinski definition) is 0. The van der Waals surface area contributed by atoms with Crippen LogP contribution in [0.25, 0.3) is 6.08 Å². The third-order valence-electron chi connectivity index (χ3n) is 3.78. The molecule has 1 aliphatic rings. The molecule has 1 saturated carbocycles. The van der Waals surface area contributed by atoms with Crippen molar-refractivity contribution in [3.8, 4) is 0 Å². The second-order valence-electron chi connectivity index (χ2n) is 5.22. The molecule has 0 heteroatoms. The molecular weight excluding hydrogens is 216 g/mol. The predicted octanol–water partition coefficient (Wildman–Crippen LogP) is 5.62.